The highest BCUT2D eigenvalue weighted by Gasteiger charge is 2.11. The summed E-state index contributed by atoms with van der Waals surface area (Å²) < 4.78 is 15.1. The van der Waals surface area contributed by atoms with Gasteiger partial charge in [-0.05, 0) is 25.1 Å². The molecular formula is C13H18N2O5. The standard InChI is InChI=1S/C13H18N2O5/c1-4-20-10-6-5-9(7-11(10)19-3)13(17)15-14-12(16)8-18-2/h5-7H,4,8H2,1-3H3,(H,14,16)(H,15,17). The molecule has 110 valence electrons. The first kappa shape index (κ1) is 15.8. The minimum atomic E-state index is -0.462. The molecule has 20 heavy (non-hydrogen) atoms. The van der Waals surface area contributed by atoms with E-state index in [1.165, 1.54) is 20.3 Å². The van der Waals surface area contributed by atoms with Crippen LogP contribution < -0.4 is 20.3 Å². The predicted octanol–water partition coefficient (Wildman–Crippen LogP) is 0.501. The lowest BCUT2D eigenvalue weighted by Gasteiger charge is -2.11. The molecule has 0 heterocycles. The molecule has 0 radical (unpaired) electrons. The van der Waals surface area contributed by atoms with E-state index in [0.29, 0.717) is 23.7 Å². The second-order valence-electron chi connectivity index (χ2n) is 3.73. The monoisotopic (exact) mass is 282 g/mol. The molecule has 0 atom stereocenters. The number of hydrogen-bond acceptors (Lipinski definition) is 5. The highest BCUT2D eigenvalue weighted by Crippen LogP contribution is 2.27. The molecule has 7 heteroatoms. The average molecular weight is 282 g/mol. The lowest BCUT2D eigenvalue weighted by molar-refractivity contribution is -0.125. The van der Waals surface area contributed by atoms with Gasteiger partial charge in [0.2, 0.25) is 0 Å². The van der Waals surface area contributed by atoms with Crippen LogP contribution in [-0.2, 0) is 9.53 Å². The van der Waals surface area contributed by atoms with E-state index in [-0.39, 0.29) is 6.61 Å². The van der Waals surface area contributed by atoms with Crippen LogP contribution in [0.3, 0.4) is 0 Å². The molecule has 7 nitrogen and oxygen atoms in total. The van der Waals surface area contributed by atoms with Crippen LogP contribution >= 0.6 is 0 Å². The van der Waals surface area contributed by atoms with E-state index in [1.807, 2.05) is 6.92 Å². The van der Waals surface area contributed by atoms with Crippen molar-refractivity contribution in [1.82, 2.24) is 10.9 Å². The van der Waals surface area contributed by atoms with Gasteiger partial charge in [-0.15, -0.1) is 0 Å². The van der Waals surface area contributed by atoms with Crippen LogP contribution in [0.25, 0.3) is 0 Å². The lowest BCUT2D eigenvalue weighted by Crippen LogP contribution is -2.43. The Bertz CT molecular complexity index is 476. The number of methoxy groups -OCH3 is 2. The zero-order valence-electron chi connectivity index (χ0n) is 11.7. The van der Waals surface area contributed by atoms with Crippen LogP contribution in [-0.4, -0.2) is 39.2 Å². The number of rotatable bonds is 6. The number of hydrogen-bond donors (Lipinski definition) is 2. The topological polar surface area (TPSA) is 85.9 Å². The Morgan fingerprint density at radius 3 is 2.50 bits per heavy atom. The van der Waals surface area contributed by atoms with Gasteiger partial charge >= 0.3 is 0 Å². The molecule has 0 spiro atoms. The largest absolute Gasteiger partial charge is 0.493 e. The maximum absolute atomic E-state index is 11.8. The van der Waals surface area contributed by atoms with Crippen molar-refractivity contribution < 1.29 is 23.8 Å². The van der Waals surface area contributed by atoms with Crippen molar-refractivity contribution in [3.05, 3.63) is 23.8 Å². The zero-order valence-corrected chi connectivity index (χ0v) is 11.7. The number of carbonyl (C=O) groups is 2. The highest BCUT2D eigenvalue weighted by atomic mass is 16.5. The van der Waals surface area contributed by atoms with Gasteiger partial charge in [-0.1, -0.05) is 0 Å². The third-order valence-corrected chi connectivity index (χ3v) is 2.32. The van der Waals surface area contributed by atoms with Crippen LogP contribution in [0.2, 0.25) is 0 Å². The predicted molar refractivity (Wildman–Crippen MR) is 71.6 cm³/mol. The van der Waals surface area contributed by atoms with E-state index in [4.69, 9.17) is 9.47 Å². The number of benzene rings is 1. The fourth-order valence-corrected chi connectivity index (χ4v) is 1.45. The Hall–Kier alpha value is -2.28. The lowest BCUT2D eigenvalue weighted by atomic mass is 10.2. The van der Waals surface area contributed by atoms with Crippen LogP contribution in [0.5, 0.6) is 11.5 Å². The van der Waals surface area contributed by atoms with Gasteiger partial charge < -0.3 is 14.2 Å². The van der Waals surface area contributed by atoms with Crippen molar-refractivity contribution >= 4 is 11.8 Å². The summed E-state index contributed by atoms with van der Waals surface area (Å²) in [5.41, 5.74) is 4.83. The van der Waals surface area contributed by atoms with Crippen LogP contribution in [0, 0.1) is 0 Å². The molecule has 0 aliphatic rings. The molecule has 0 fully saturated rings. The second-order valence-corrected chi connectivity index (χ2v) is 3.73. The molecule has 0 saturated heterocycles. The second kappa shape index (κ2) is 8.00. The Labute approximate surface area is 117 Å². The van der Waals surface area contributed by atoms with Crippen molar-refractivity contribution in [3.8, 4) is 11.5 Å². The molecular weight excluding hydrogens is 264 g/mol. The minimum Gasteiger partial charge on any atom is -0.493 e. The summed E-state index contributed by atoms with van der Waals surface area (Å²) in [6.07, 6.45) is 0. The van der Waals surface area contributed by atoms with Crippen LogP contribution in [0.15, 0.2) is 18.2 Å². The molecule has 1 rings (SSSR count). The van der Waals surface area contributed by atoms with Gasteiger partial charge in [-0.3, -0.25) is 20.4 Å². The van der Waals surface area contributed by atoms with E-state index in [1.54, 1.807) is 12.1 Å². The fourth-order valence-electron chi connectivity index (χ4n) is 1.45. The molecule has 0 bridgehead atoms. The zero-order chi connectivity index (χ0) is 15.0. The van der Waals surface area contributed by atoms with Crippen molar-refractivity contribution in [2.45, 2.75) is 6.92 Å². The normalized spacial score (nSPS) is 9.75. The molecule has 2 amide bonds. The van der Waals surface area contributed by atoms with Gasteiger partial charge in [0.15, 0.2) is 11.5 Å². The maximum atomic E-state index is 11.8. The van der Waals surface area contributed by atoms with Crippen LogP contribution in [0.1, 0.15) is 17.3 Å². The molecule has 0 aliphatic heterocycles. The quantitative estimate of drug-likeness (QED) is 0.742. The average Bonchev–Trinajstić information content (AvgIpc) is 2.45. The summed E-state index contributed by atoms with van der Waals surface area (Å²) in [5, 5.41) is 0. The molecule has 1 aromatic carbocycles. The first-order valence-electron chi connectivity index (χ1n) is 6.01. The van der Waals surface area contributed by atoms with Crippen molar-refractivity contribution in [1.29, 1.82) is 0 Å². The van der Waals surface area contributed by atoms with Crippen molar-refractivity contribution in [3.63, 3.8) is 0 Å². The number of ether oxygens (including phenoxy) is 3. The van der Waals surface area contributed by atoms with Gasteiger partial charge in [0.1, 0.15) is 6.61 Å². The van der Waals surface area contributed by atoms with E-state index >= 15 is 0 Å². The summed E-state index contributed by atoms with van der Waals surface area (Å²) in [6, 6.07) is 4.74. The van der Waals surface area contributed by atoms with Gasteiger partial charge in [0.25, 0.3) is 11.8 Å². The molecule has 0 aromatic heterocycles. The molecule has 2 N–H and O–H groups in total. The van der Waals surface area contributed by atoms with Gasteiger partial charge in [-0.25, -0.2) is 0 Å². The Morgan fingerprint density at radius 2 is 1.90 bits per heavy atom. The van der Waals surface area contributed by atoms with E-state index in [2.05, 4.69) is 15.6 Å². The van der Waals surface area contributed by atoms with Crippen LogP contribution in [0.4, 0.5) is 0 Å². The maximum Gasteiger partial charge on any atom is 0.269 e. The molecule has 1 aromatic rings. The van der Waals surface area contributed by atoms with E-state index < -0.39 is 11.8 Å². The first-order valence-corrected chi connectivity index (χ1v) is 6.01. The van der Waals surface area contributed by atoms with Gasteiger partial charge in [0, 0.05) is 12.7 Å². The van der Waals surface area contributed by atoms with Gasteiger partial charge in [0.05, 0.1) is 13.7 Å². The molecule has 0 saturated carbocycles. The number of carbonyl (C=O) groups excluding carboxylic acids is 2. The summed E-state index contributed by atoms with van der Waals surface area (Å²) in [7, 11) is 2.87. The minimum absolute atomic E-state index is 0.132. The van der Waals surface area contributed by atoms with Gasteiger partial charge in [-0.2, -0.15) is 0 Å². The SMILES string of the molecule is CCOc1ccc(C(=O)NNC(=O)COC)cc1OC. The third-order valence-electron chi connectivity index (χ3n) is 2.32. The Balaban J connectivity index is 2.71. The van der Waals surface area contributed by atoms with E-state index in [0.717, 1.165) is 0 Å². The number of amides is 2. The Kier molecular flexibility index (Phi) is 6.31. The summed E-state index contributed by atoms with van der Waals surface area (Å²) >= 11 is 0. The van der Waals surface area contributed by atoms with Crippen molar-refractivity contribution in [2.75, 3.05) is 27.4 Å². The first-order chi connectivity index (χ1) is 9.62. The number of nitrogens with one attached hydrogen (secondary N) is 2. The smallest absolute Gasteiger partial charge is 0.269 e. The Morgan fingerprint density at radius 1 is 1.15 bits per heavy atom. The number of hydrazine groups is 1. The third kappa shape index (κ3) is 4.43. The summed E-state index contributed by atoms with van der Waals surface area (Å²) in [6.45, 7) is 2.22. The van der Waals surface area contributed by atoms with Crippen molar-refractivity contribution in [2.24, 2.45) is 0 Å². The summed E-state index contributed by atoms with van der Waals surface area (Å²) in [5.74, 6) is 0.0900. The fraction of sp³-hybridized carbons (Fsp3) is 0.385. The molecule has 0 aliphatic carbocycles. The summed E-state index contributed by atoms with van der Waals surface area (Å²) in [4.78, 5) is 23.0. The highest BCUT2D eigenvalue weighted by molar-refractivity contribution is 5.96. The van der Waals surface area contributed by atoms with E-state index in [9.17, 15) is 9.59 Å². The molecule has 0 unspecified atom stereocenters.